The highest BCUT2D eigenvalue weighted by molar-refractivity contribution is 5.86. The summed E-state index contributed by atoms with van der Waals surface area (Å²) in [5.74, 6) is 1.32. The van der Waals surface area contributed by atoms with Crippen molar-refractivity contribution in [2.24, 2.45) is 0 Å². The van der Waals surface area contributed by atoms with E-state index in [1.54, 1.807) is 4.68 Å². The van der Waals surface area contributed by atoms with E-state index in [2.05, 4.69) is 114 Å². The fraction of sp³-hybridized carbons (Fsp3) is 0.0571. The van der Waals surface area contributed by atoms with Crippen molar-refractivity contribution in [2.45, 2.75) is 12.8 Å². The zero-order valence-corrected chi connectivity index (χ0v) is 24.4. The van der Waals surface area contributed by atoms with E-state index in [0.717, 1.165) is 55.5 Å². The molecular weight excluding hydrogens is 576 g/mol. The van der Waals surface area contributed by atoms with Crippen molar-refractivity contribution >= 4 is 34.0 Å². The number of pyridine rings is 1. The summed E-state index contributed by atoms with van der Waals surface area (Å²) in [5.41, 5.74) is 6.91. The van der Waals surface area contributed by atoms with Gasteiger partial charge in [0.25, 0.3) is 0 Å². The lowest BCUT2D eigenvalue weighted by Crippen LogP contribution is -2.13. The normalized spacial score (nSPS) is 12.3. The summed E-state index contributed by atoms with van der Waals surface area (Å²) < 4.78 is 10.0. The molecule has 0 saturated carbocycles. The molecule has 11 heteroatoms. The van der Waals surface area contributed by atoms with Crippen LogP contribution in [0.15, 0.2) is 122 Å². The third kappa shape index (κ3) is 5.37. The van der Waals surface area contributed by atoms with E-state index in [1.165, 1.54) is 6.33 Å². The van der Waals surface area contributed by atoms with Gasteiger partial charge in [-0.05, 0) is 80.0 Å². The van der Waals surface area contributed by atoms with Gasteiger partial charge in [0.1, 0.15) is 12.1 Å². The molecule has 0 aliphatic heterocycles. The van der Waals surface area contributed by atoms with Crippen LogP contribution >= 0.6 is 0 Å². The average Bonchev–Trinajstić information content (AvgIpc) is 3.91. The second-order valence-corrected chi connectivity index (χ2v) is 10.7. The standard InChI is InChI=1S/C35H26N10O/c1-2-12-31-25(7-1)15-17-30(37-31)16-14-24-6-3-9-27(20-24)33(28-10-4-11-29(21-28)35-38-41-42-39-35)45-19-18-26-8-5-13-32(34(26)45)46-23-44-22-36-40-43-44/h1-22,33H,23H2,(H,38,39,41,42)/b16-14+. The minimum Gasteiger partial charge on any atom is -0.469 e. The van der Waals surface area contributed by atoms with E-state index in [0.29, 0.717) is 5.82 Å². The van der Waals surface area contributed by atoms with Crippen molar-refractivity contribution in [3.8, 4) is 17.1 Å². The SMILES string of the molecule is C(=C\c1ccc2ccccc2n1)/c1cccc(C(c2cccc(-c3nnn[nH]3)c2)n2ccc3cccc(OCn4cnnn4)c32)c1. The Kier molecular flexibility index (Phi) is 7.00. The maximum absolute atomic E-state index is 6.26. The van der Waals surface area contributed by atoms with Crippen molar-refractivity contribution in [1.82, 2.24) is 50.4 Å². The lowest BCUT2D eigenvalue weighted by Gasteiger charge is -2.23. The molecule has 0 saturated heterocycles. The molecule has 0 aliphatic carbocycles. The Morgan fingerprint density at radius 3 is 2.54 bits per heavy atom. The fourth-order valence-corrected chi connectivity index (χ4v) is 5.73. The van der Waals surface area contributed by atoms with E-state index in [1.807, 2.05) is 54.6 Å². The largest absolute Gasteiger partial charge is 0.469 e. The third-order valence-corrected chi connectivity index (χ3v) is 7.84. The van der Waals surface area contributed by atoms with Crippen molar-refractivity contribution in [3.05, 3.63) is 144 Å². The second kappa shape index (κ2) is 11.9. The number of hydrogen-bond acceptors (Lipinski definition) is 8. The van der Waals surface area contributed by atoms with Crippen molar-refractivity contribution < 1.29 is 4.74 Å². The van der Waals surface area contributed by atoms with Crippen LogP contribution in [-0.2, 0) is 6.73 Å². The van der Waals surface area contributed by atoms with Crippen molar-refractivity contribution in [2.75, 3.05) is 0 Å². The molecule has 1 N–H and O–H groups in total. The first-order chi connectivity index (χ1) is 22.8. The lowest BCUT2D eigenvalue weighted by molar-refractivity contribution is 0.220. The third-order valence-electron chi connectivity index (χ3n) is 7.84. The second-order valence-electron chi connectivity index (χ2n) is 10.7. The summed E-state index contributed by atoms with van der Waals surface area (Å²) in [4.78, 5) is 4.81. The Labute approximate surface area is 262 Å². The van der Waals surface area contributed by atoms with Crippen LogP contribution < -0.4 is 4.74 Å². The first-order valence-electron chi connectivity index (χ1n) is 14.7. The maximum atomic E-state index is 6.26. The molecular formula is C35H26N10O. The number of fused-ring (bicyclic) bond motifs is 2. The van der Waals surface area contributed by atoms with E-state index in [9.17, 15) is 0 Å². The number of nitrogens with one attached hydrogen (secondary N) is 1. The van der Waals surface area contributed by atoms with Gasteiger partial charge in [0.15, 0.2) is 12.6 Å². The van der Waals surface area contributed by atoms with Crippen LogP contribution in [0.1, 0.15) is 28.4 Å². The molecule has 0 spiro atoms. The maximum Gasteiger partial charge on any atom is 0.184 e. The van der Waals surface area contributed by atoms with E-state index in [-0.39, 0.29) is 12.8 Å². The molecule has 4 heterocycles. The smallest absolute Gasteiger partial charge is 0.184 e. The van der Waals surface area contributed by atoms with Crippen molar-refractivity contribution in [1.29, 1.82) is 0 Å². The molecule has 222 valence electrons. The molecule has 0 aliphatic rings. The Morgan fingerprint density at radius 2 is 1.65 bits per heavy atom. The van der Waals surface area contributed by atoms with Gasteiger partial charge in [0.2, 0.25) is 0 Å². The highest BCUT2D eigenvalue weighted by Crippen LogP contribution is 2.36. The van der Waals surface area contributed by atoms with Gasteiger partial charge in [0.05, 0.1) is 22.8 Å². The molecule has 4 aromatic heterocycles. The molecule has 11 nitrogen and oxygen atoms in total. The van der Waals surface area contributed by atoms with Crippen LogP contribution in [-0.4, -0.2) is 50.4 Å². The molecule has 0 bridgehead atoms. The molecule has 8 rings (SSSR count). The summed E-state index contributed by atoms with van der Waals surface area (Å²) in [6.07, 6.45) is 7.78. The zero-order valence-electron chi connectivity index (χ0n) is 24.4. The Morgan fingerprint density at radius 1 is 0.783 bits per heavy atom. The fourth-order valence-electron chi connectivity index (χ4n) is 5.73. The summed E-state index contributed by atoms with van der Waals surface area (Å²) in [5, 5.41) is 28.1. The van der Waals surface area contributed by atoms with Crippen LogP contribution in [0.5, 0.6) is 5.75 Å². The van der Waals surface area contributed by atoms with Gasteiger partial charge >= 0.3 is 0 Å². The molecule has 0 radical (unpaired) electrons. The number of H-pyrrole nitrogens is 1. The van der Waals surface area contributed by atoms with Crippen LogP contribution in [0, 0.1) is 0 Å². The quantitative estimate of drug-likeness (QED) is 0.207. The number of rotatable bonds is 9. The van der Waals surface area contributed by atoms with E-state index in [4.69, 9.17) is 9.72 Å². The minimum absolute atomic E-state index is 0.180. The number of tetrazole rings is 2. The van der Waals surface area contributed by atoms with E-state index >= 15 is 0 Å². The zero-order chi connectivity index (χ0) is 30.7. The number of aromatic amines is 1. The highest BCUT2D eigenvalue weighted by atomic mass is 16.5. The summed E-state index contributed by atoms with van der Waals surface area (Å²) in [7, 11) is 0. The summed E-state index contributed by atoms with van der Waals surface area (Å²) in [6, 6.07) is 37.0. The van der Waals surface area contributed by atoms with Gasteiger partial charge in [-0.3, -0.25) is 0 Å². The number of ether oxygens (including phenoxy) is 1. The van der Waals surface area contributed by atoms with Crippen LogP contribution in [0.2, 0.25) is 0 Å². The lowest BCUT2D eigenvalue weighted by atomic mass is 9.95. The van der Waals surface area contributed by atoms with Crippen molar-refractivity contribution in [3.63, 3.8) is 0 Å². The number of aromatic nitrogens is 10. The molecule has 1 atom stereocenters. The molecule has 8 aromatic rings. The molecule has 4 aromatic carbocycles. The minimum atomic E-state index is -0.210. The number of para-hydroxylation sites is 2. The summed E-state index contributed by atoms with van der Waals surface area (Å²) >= 11 is 0. The monoisotopic (exact) mass is 602 g/mol. The first kappa shape index (κ1) is 27.1. The van der Waals surface area contributed by atoms with Gasteiger partial charge in [-0.2, -0.15) is 4.68 Å². The molecule has 46 heavy (non-hydrogen) atoms. The van der Waals surface area contributed by atoms with Gasteiger partial charge in [-0.1, -0.05) is 78.9 Å². The number of hydrogen-bond donors (Lipinski definition) is 1. The van der Waals surface area contributed by atoms with Crippen LogP contribution in [0.4, 0.5) is 0 Å². The predicted molar refractivity (Wildman–Crippen MR) is 174 cm³/mol. The first-order valence-corrected chi connectivity index (χ1v) is 14.7. The van der Waals surface area contributed by atoms with Gasteiger partial charge < -0.3 is 9.30 Å². The van der Waals surface area contributed by atoms with Gasteiger partial charge in [-0.25, -0.2) is 10.1 Å². The number of nitrogens with zero attached hydrogens (tertiary/aromatic N) is 9. The predicted octanol–water partition coefficient (Wildman–Crippen LogP) is 6.20. The number of benzene rings is 4. The Bertz CT molecular complexity index is 2290. The molecule has 0 fully saturated rings. The molecule has 1 unspecified atom stereocenters. The summed E-state index contributed by atoms with van der Waals surface area (Å²) in [6.45, 7) is 0.180. The van der Waals surface area contributed by atoms with E-state index < -0.39 is 0 Å². The topological polar surface area (TPSA) is 125 Å². The van der Waals surface area contributed by atoms with Gasteiger partial charge in [0, 0.05) is 22.5 Å². The van der Waals surface area contributed by atoms with Crippen LogP contribution in [0.25, 0.3) is 45.3 Å². The average molecular weight is 603 g/mol. The van der Waals surface area contributed by atoms with Gasteiger partial charge in [-0.15, -0.1) is 10.2 Å². The Hall–Kier alpha value is -6.49. The Balaban J connectivity index is 1.22. The van der Waals surface area contributed by atoms with Crippen LogP contribution in [0.3, 0.4) is 0 Å². The highest BCUT2D eigenvalue weighted by Gasteiger charge is 2.21. The molecule has 0 amide bonds.